The fraction of sp³-hybridized carbons (Fsp3) is 0.280. The predicted octanol–water partition coefficient (Wildman–Crippen LogP) is 3.14. The van der Waals surface area contributed by atoms with Crippen LogP contribution in [-0.4, -0.2) is 31.2 Å². The van der Waals surface area contributed by atoms with Crippen molar-refractivity contribution in [1.29, 1.82) is 0 Å². The first-order chi connectivity index (χ1) is 16.9. The molecule has 9 nitrogen and oxygen atoms in total. The van der Waals surface area contributed by atoms with E-state index in [2.05, 4.69) is 4.98 Å². The van der Waals surface area contributed by atoms with Crippen molar-refractivity contribution in [3.8, 4) is 0 Å². The Kier molecular flexibility index (Phi) is 5.94. The lowest BCUT2D eigenvalue weighted by atomic mass is 10.1. The van der Waals surface area contributed by atoms with Crippen LogP contribution in [0.5, 0.6) is 0 Å². The first kappa shape index (κ1) is 22.9. The second-order valence-electron chi connectivity index (χ2n) is 8.50. The van der Waals surface area contributed by atoms with E-state index in [1.165, 1.54) is 4.57 Å². The zero-order chi connectivity index (χ0) is 24.7. The molecule has 5 rings (SSSR count). The fourth-order valence-electron chi connectivity index (χ4n) is 4.43. The van der Waals surface area contributed by atoms with Crippen LogP contribution in [0, 0.1) is 6.92 Å². The summed E-state index contributed by atoms with van der Waals surface area (Å²) in [6.07, 6.45) is 0.770. The molecule has 0 saturated carbocycles. The maximum absolute atomic E-state index is 13.4. The normalized spacial score (nSPS) is 13.2. The molecule has 0 saturated heterocycles. The van der Waals surface area contributed by atoms with E-state index in [0.717, 1.165) is 27.8 Å². The largest absolute Gasteiger partial charge is 0.459 e. The van der Waals surface area contributed by atoms with Gasteiger partial charge in [-0.2, -0.15) is 4.98 Å². The minimum absolute atomic E-state index is 0.0625. The van der Waals surface area contributed by atoms with Gasteiger partial charge >= 0.3 is 11.7 Å². The molecular formula is C25H24ClN5O4. The number of benzene rings is 2. The smallest absolute Gasteiger partial charge is 0.333 e. The zero-order valence-corrected chi connectivity index (χ0v) is 20.2. The molecule has 0 bridgehead atoms. The Labute approximate surface area is 205 Å². The van der Waals surface area contributed by atoms with Crippen molar-refractivity contribution in [2.45, 2.75) is 33.0 Å². The van der Waals surface area contributed by atoms with Crippen molar-refractivity contribution in [3.63, 3.8) is 0 Å². The maximum atomic E-state index is 13.4. The number of esters is 1. The number of hydrogen-bond donors (Lipinski definition) is 0. The Hall–Kier alpha value is -3.85. The summed E-state index contributed by atoms with van der Waals surface area (Å²) in [4.78, 5) is 45.6. The van der Waals surface area contributed by atoms with Crippen LogP contribution in [0.25, 0.3) is 11.2 Å². The molecule has 0 fully saturated rings. The third-order valence-corrected chi connectivity index (χ3v) is 6.69. The zero-order valence-electron chi connectivity index (χ0n) is 19.4. The molecule has 180 valence electrons. The highest BCUT2D eigenvalue weighted by Gasteiger charge is 2.28. The summed E-state index contributed by atoms with van der Waals surface area (Å²) in [5.41, 5.74) is 1.98. The number of carbonyl (C=O) groups excluding carboxylic acids is 1. The highest BCUT2D eigenvalue weighted by Crippen LogP contribution is 2.35. The van der Waals surface area contributed by atoms with Gasteiger partial charge in [-0.05, 0) is 36.6 Å². The van der Waals surface area contributed by atoms with Crippen molar-refractivity contribution in [2.75, 3.05) is 11.4 Å². The summed E-state index contributed by atoms with van der Waals surface area (Å²) in [7, 11) is 1.55. The summed E-state index contributed by atoms with van der Waals surface area (Å²) < 4.78 is 9.32. The first-order valence-electron chi connectivity index (χ1n) is 11.3. The predicted molar refractivity (Wildman–Crippen MR) is 133 cm³/mol. The van der Waals surface area contributed by atoms with Crippen LogP contribution in [0.2, 0.25) is 5.02 Å². The van der Waals surface area contributed by atoms with Crippen LogP contribution in [0.3, 0.4) is 0 Å². The SMILES string of the molecule is Cc1c(Cl)cccc1N1CCCn2c1nc1c2c(=O)n(CC(=O)OCc2ccccc2)c(=O)n1C. The number of hydrogen-bond acceptors (Lipinski definition) is 6. The maximum Gasteiger partial charge on any atom is 0.333 e. The second-order valence-corrected chi connectivity index (χ2v) is 8.91. The summed E-state index contributed by atoms with van der Waals surface area (Å²) in [5.74, 6) is -0.102. The van der Waals surface area contributed by atoms with E-state index >= 15 is 0 Å². The third kappa shape index (κ3) is 4.01. The number of nitrogens with zero attached hydrogens (tertiary/aromatic N) is 5. The molecule has 0 N–H and O–H groups in total. The number of rotatable bonds is 5. The van der Waals surface area contributed by atoms with Gasteiger partial charge < -0.3 is 14.2 Å². The summed E-state index contributed by atoms with van der Waals surface area (Å²) in [6, 6.07) is 14.9. The molecule has 0 atom stereocenters. The van der Waals surface area contributed by atoms with Crippen molar-refractivity contribution >= 4 is 40.4 Å². The van der Waals surface area contributed by atoms with E-state index in [1.54, 1.807) is 7.05 Å². The highest BCUT2D eigenvalue weighted by atomic mass is 35.5. The van der Waals surface area contributed by atoms with E-state index in [1.807, 2.05) is 64.9 Å². The van der Waals surface area contributed by atoms with Gasteiger partial charge in [0, 0.05) is 30.8 Å². The Morgan fingerprint density at radius 2 is 1.86 bits per heavy atom. The number of ether oxygens (including phenoxy) is 1. The highest BCUT2D eigenvalue weighted by molar-refractivity contribution is 6.31. The number of halogens is 1. The van der Waals surface area contributed by atoms with Crippen molar-refractivity contribution in [1.82, 2.24) is 18.7 Å². The minimum atomic E-state index is -0.665. The lowest BCUT2D eigenvalue weighted by Crippen LogP contribution is -2.41. The van der Waals surface area contributed by atoms with Crippen LogP contribution in [-0.2, 0) is 36.3 Å². The van der Waals surface area contributed by atoms with Gasteiger partial charge in [-0.3, -0.25) is 14.2 Å². The van der Waals surface area contributed by atoms with Crippen LogP contribution in [0.4, 0.5) is 11.6 Å². The Bertz CT molecular complexity index is 1550. The molecule has 0 aliphatic carbocycles. The van der Waals surface area contributed by atoms with Crippen molar-refractivity contribution in [2.24, 2.45) is 7.05 Å². The molecule has 0 amide bonds. The van der Waals surface area contributed by atoms with E-state index in [0.29, 0.717) is 24.1 Å². The Morgan fingerprint density at radius 1 is 1.09 bits per heavy atom. The molecule has 2 aromatic heterocycles. The van der Waals surface area contributed by atoms with E-state index in [-0.39, 0.29) is 17.8 Å². The van der Waals surface area contributed by atoms with Gasteiger partial charge in [0.25, 0.3) is 5.56 Å². The standard InChI is InChI=1S/C25H24ClN5O4/c1-16-18(26)10-6-11-19(16)29-12-7-13-30-21-22(27-24(29)30)28(2)25(34)31(23(21)33)14-20(32)35-15-17-8-4-3-5-9-17/h3-6,8-11H,7,12-15H2,1-2H3. The number of anilines is 2. The molecule has 1 aliphatic heterocycles. The van der Waals surface area contributed by atoms with Gasteiger partial charge in [-0.15, -0.1) is 0 Å². The molecule has 0 radical (unpaired) electrons. The molecular weight excluding hydrogens is 470 g/mol. The van der Waals surface area contributed by atoms with E-state index in [4.69, 9.17) is 16.3 Å². The Balaban J connectivity index is 1.54. The quantitative estimate of drug-likeness (QED) is 0.397. The molecule has 4 aromatic rings. The molecule has 0 unspecified atom stereocenters. The number of aryl methyl sites for hydroxylation is 2. The monoisotopic (exact) mass is 493 g/mol. The van der Waals surface area contributed by atoms with Gasteiger partial charge in [0.2, 0.25) is 5.95 Å². The molecule has 1 aliphatic rings. The molecule has 2 aromatic carbocycles. The number of fused-ring (bicyclic) bond motifs is 3. The molecule has 35 heavy (non-hydrogen) atoms. The Morgan fingerprint density at radius 3 is 2.63 bits per heavy atom. The second kappa shape index (κ2) is 9.07. The third-order valence-electron chi connectivity index (χ3n) is 6.28. The molecule has 0 spiro atoms. The van der Waals surface area contributed by atoms with Gasteiger partial charge in [0.15, 0.2) is 11.2 Å². The van der Waals surface area contributed by atoms with Gasteiger partial charge in [0.1, 0.15) is 13.2 Å². The summed E-state index contributed by atoms with van der Waals surface area (Å²) in [5, 5.41) is 0.638. The van der Waals surface area contributed by atoms with Crippen molar-refractivity contribution in [3.05, 3.63) is 85.5 Å². The first-order valence-corrected chi connectivity index (χ1v) is 11.7. The van der Waals surface area contributed by atoms with Crippen molar-refractivity contribution < 1.29 is 9.53 Å². The lowest BCUT2D eigenvalue weighted by Gasteiger charge is -2.30. The number of carbonyl (C=O) groups is 1. The minimum Gasteiger partial charge on any atom is -0.459 e. The van der Waals surface area contributed by atoms with E-state index < -0.39 is 23.8 Å². The summed E-state index contributed by atoms with van der Waals surface area (Å²) >= 11 is 6.35. The van der Waals surface area contributed by atoms with Gasteiger partial charge in [0.05, 0.1) is 0 Å². The lowest BCUT2D eigenvalue weighted by molar-refractivity contribution is -0.145. The molecule has 10 heteroatoms. The number of imidazole rings is 1. The van der Waals surface area contributed by atoms with Crippen LogP contribution < -0.4 is 16.1 Å². The average Bonchev–Trinajstić information content (AvgIpc) is 3.27. The topological polar surface area (TPSA) is 91.4 Å². The van der Waals surface area contributed by atoms with Crippen LogP contribution in [0.15, 0.2) is 58.1 Å². The molecule has 3 heterocycles. The van der Waals surface area contributed by atoms with Gasteiger partial charge in [-0.25, -0.2) is 9.36 Å². The van der Waals surface area contributed by atoms with Crippen LogP contribution >= 0.6 is 11.6 Å². The van der Waals surface area contributed by atoms with E-state index in [9.17, 15) is 14.4 Å². The average molecular weight is 494 g/mol. The van der Waals surface area contributed by atoms with Gasteiger partial charge in [-0.1, -0.05) is 48.0 Å². The van der Waals surface area contributed by atoms with Crippen LogP contribution in [0.1, 0.15) is 17.5 Å². The number of aromatic nitrogens is 4. The summed E-state index contributed by atoms with van der Waals surface area (Å²) in [6.45, 7) is 2.77. The fourth-order valence-corrected chi connectivity index (χ4v) is 4.60.